The van der Waals surface area contributed by atoms with Gasteiger partial charge in [0, 0.05) is 24.9 Å². The van der Waals surface area contributed by atoms with Gasteiger partial charge in [-0.1, -0.05) is 6.92 Å². The second-order valence-electron chi connectivity index (χ2n) is 3.60. The van der Waals surface area contributed by atoms with Crippen LogP contribution < -0.4 is 5.32 Å². The van der Waals surface area contributed by atoms with Crippen molar-refractivity contribution in [2.24, 2.45) is 0 Å². The highest BCUT2D eigenvalue weighted by molar-refractivity contribution is 8.00. The molecule has 78 valence electrons. The molecule has 2 unspecified atom stereocenters. The second kappa shape index (κ2) is 6.68. The number of nitrogens with one attached hydrogen (secondary N) is 1. The van der Waals surface area contributed by atoms with Gasteiger partial charge in [-0.3, -0.25) is 0 Å². The average Bonchev–Trinajstić information content (AvgIpc) is 2.64. The molecule has 1 aliphatic rings. The fourth-order valence-corrected chi connectivity index (χ4v) is 2.84. The Morgan fingerprint density at radius 3 is 3.00 bits per heavy atom. The quantitative estimate of drug-likeness (QED) is 0.712. The molecule has 1 fully saturated rings. The molecule has 2 atom stereocenters. The van der Waals surface area contributed by atoms with Gasteiger partial charge in [0.25, 0.3) is 0 Å². The first-order chi connectivity index (χ1) is 6.36. The Hall–Kier alpha value is 0.270. The Morgan fingerprint density at radius 2 is 2.46 bits per heavy atom. The van der Waals surface area contributed by atoms with Crippen LogP contribution in [0, 0.1) is 0 Å². The number of ether oxygens (including phenoxy) is 1. The van der Waals surface area contributed by atoms with Gasteiger partial charge in [0.2, 0.25) is 0 Å². The first-order valence-electron chi connectivity index (χ1n) is 5.20. The van der Waals surface area contributed by atoms with E-state index in [2.05, 4.69) is 24.0 Å². The minimum atomic E-state index is 0.547. The van der Waals surface area contributed by atoms with E-state index in [1.807, 2.05) is 0 Å². The van der Waals surface area contributed by atoms with Crippen molar-refractivity contribution in [1.29, 1.82) is 0 Å². The molecule has 1 saturated heterocycles. The number of methoxy groups -OCH3 is 1. The fraction of sp³-hybridized carbons (Fsp3) is 1.00. The molecule has 13 heavy (non-hydrogen) atoms. The molecule has 0 radical (unpaired) electrons. The molecule has 1 aliphatic heterocycles. The Balaban J connectivity index is 2.07. The summed E-state index contributed by atoms with van der Waals surface area (Å²) in [6.45, 7) is 4.21. The van der Waals surface area contributed by atoms with Gasteiger partial charge in [-0.25, -0.2) is 0 Å². The lowest BCUT2D eigenvalue weighted by molar-refractivity contribution is 0.164. The highest BCUT2D eigenvalue weighted by atomic mass is 32.2. The van der Waals surface area contributed by atoms with Crippen LogP contribution in [0.5, 0.6) is 0 Å². The predicted molar refractivity (Wildman–Crippen MR) is 59.4 cm³/mol. The molecular weight excluding hydrogens is 182 g/mol. The molecule has 0 spiro atoms. The van der Waals surface area contributed by atoms with Crippen LogP contribution in [0.15, 0.2) is 0 Å². The molecule has 0 bridgehead atoms. The lowest BCUT2D eigenvalue weighted by Crippen LogP contribution is -2.36. The predicted octanol–water partition coefficient (Wildman–Crippen LogP) is 1.90. The molecule has 0 aromatic heterocycles. The van der Waals surface area contributed by atoms with Gasteiger partial charge in [-0.2, -0.15) is 11.8 Å². The van der Waals surface area contributed by atoms with E-state index in [1.165, 1.54) is 18.6 Å². The van der Waals surface area contributed by atoms with Crippen LogP contribution in [0.4, 0.5) is 0 Å². The van der Waals surface area contributed by atoms with Crippen molar-refractivity contribution in [3.8, 4) is 0 Å². The highest BCUT2D eigenvalue weighted by Gasteiger charge is 2.16. The molecule has 2 nitrogen and oxygen atoms in total. The second-order valence-corrected chi connectivity index (χ2v) is 5.01. The summed E-state index contributed by atoms with van der Waals surface area (Å²) in [5.41, 5.74) is 0. The van der Waals surface area contributed by atoms with Gasteiger partial charge in [0.05, 0.1) is 6.61 Å². The Labute approximate surface area is 85.8 Å². The smallest absolute Gasteiger partial charge is 0.0615 e. The van der Waals surface area contributed by atoms with E-state index in [0.29, 0.717) is 6.04 Å². The standard InChI is InChI=1S/C10H21NOS/c1-3-9(8-12-2)11-7-10-5-4-6-13-10/h9-11H,3-8H2,1-2H3. The molecule has 1 N–H and O–H groups in total. The third kappa shape index (κ3) is 4.34. The average molecular weight is 203 g/mol. The summed E-state index contributed by atoms with van der Waals surface area (Å²) in [5.74, 6) is 1.35. The molecule has 0 aromatic carbocycles. The van der Waals surface area contributed by atoms with Crippen LogP contribution >= 0.6 is 11.8 Å². The van der Waals surface area contributed by atoms with Crippen LogP contribution in [0.25, 0.3) is 0 Å². The minimum absolute atomic E-state index is 0.547. The third-order valence-electron chi connectivity index (χ3n) is 2.52. The van der Waals surface area contributed by atoms with E-state index in [9.17, 15) is 0 Å². The number of thioether (sulfide) groups is 1. The van der Waals surface area contributed by atoms with Crippen molar-refractivity contribution in [3.05, 3.63) is 0 Å². The normalized spacial score (nSPS) is 24.9. The number of hydrogen-bond acceptors (Lipinski definition) is 3. The zero-order valence-corrected chi connectivity index (χ0v) is 9.53. The van der Waals surface area contributed by atoms with Crippen LogP contribution in [-0.4, -0.2) is 37.3 Å². The summed E-state index contributed by atoms with van der Waals surface area (Å²) >= 11 is 2.11. The maximum atomic E-state index is 5.14. The van der Waals surface area contributed by atoms with E-state index >= 15 is 0 Å². The van der Waals surface area contributed by atoms with Gasteiger partial charge in [-0.05, 0) is 25.0 Å². The van der Waals surface area contributed by atoms with E-state index in [0.717, 1.165) is 24.8 Å². The summed E-state index contributed by atoms with van der Waals surface area (Å²) in [6.07, 6.45) is 3.95. The van der Waals surface area contributed by atoms with Gasteiger partial charge in [0.15, 0.2) is 0 Å². The molecular formula is C10H21NOS. The van der Waals surface area contributed by atoms with Gasteiger partial charge in [0.1, 0.15) is 0 Å². The van der Waals surface area contributed by atoms with Gasteiger partial charge < -0.3 is 10.1 Å². The van der Waals surface area contributed by atoms with Crippen LogP contribution in [-0.2, 0) is 4.74 Å². The molecule has 0 saturated carbocycles. The van der Waals surface area contributed by atoms with Gasteiger partial charge in [-0.15, -0.1) is 0 Å². The van der Waals surface area contributed by atoms with Crippen molar-refractivity contribution in [2.75, 3.05) is 26.0 Å². The van der Waals surface area contributed by atoms with E-state index in [4.69, 9.17) is 4.74 Å². The van der Waals surface area contributed by atoms with E-state index in [1.54, 1.807) is 7.11 Å². The van der Waals surface area contributed by atoms with E-state index < -0.39 is 0 Å². The monoisotopic (exact) mass is 203 g/mol. The van der Waals surface area contributed by atoms with Crippen LogP contribution in [0.2, 0.25) is 0 Å². The summed E-state index contributed by atoms with van der Waals surface area (Å²) in [5, 5.41) is 4.42. The molecule has 0 aliphatic carbocycles. The SMILES string of the molecule is CCC(COC)NCC1CCCS1. The van der Waals surface area contributed by atoms with Crippen LogP contribution in [0.1, 0.15) is 26.2 Å². The first kappa shape index (κ1) is 11.3. The van der Waals surface area contributed by atoms with Crippen molar-refractivity contribution < 1.29 is 4.74 Å². The maximum Gasteiger partial charge on any atom is 0.0615 e. The number of rotatable bonds is 6. The highest BCUT2D eigenvalue weighted by Crippen LogP contribution is 2.25. The van der Waals surface area contributed by atoms with E-state index in [-0.39, 0.29) is 0 Å². The molecule has 0 amide bonds. The van der Waals surface area contributed by atoms with Crippen molar-refractivity contribution in [1.82, 2.24) is 5.32 Å². The Bertz CT molecular complexity index is 126. The first-order valence-corrected chi connectivity index (χ1v) is 6.25. The van der Waals surface area contributed by atoms with Crippen molar-refractivity contribution in [2.45, 2.75) is 37.5 Å². The topological polar surface area (TPSA) is 21.3 Å². The largest absolute Gasteiger partial charge is 0.383 e. The fourth-order valence-electron chi connectivity index (χ4n) is 1.63. The summed E-state index contributed by atoms with van der Waals surface area (Å²) in [6, 6.07) is 0.547. The Morgan fingerprint density at radius 1 is 1.62 bits per heavy atom. The lowest BCUT2D eigenvalue weighted by atomic mass is 10.2. The lowest BCUT2D eigenvalue weighted by Gasteiger charge is -2.18. The summed E-state index contributed by atoms with van der Waals surface area (Å²) in [4.78, 5) is 0. The summed E-state index contributed by atoms with van der Waals surface area (Å²) < 4.78 is 5.14. The van der Waals surface area contributed by atoms with Crippen molar-refractivity contribution >= 4 is 11.8 Å². The third-order valence-corrected chi connectivity index (χ3v) is 3.92. The van der Waals surface area contributed by atoms with Crippen molar-refractivity contribution in [3.63, 3.8) is 0 Å². The maximum absolute atomic E-state index is 5.14. The molecule has 1 heterocycles. The zero-order valence-electron chi connectivity index (χ0n) is 8.71. The molecule has 0 aromatic rings. The van der Waals surface area contributed by atoms with Crippen LogP contribution in [0.3, 0.4) is 0 Å². The Kier molecular flexibility index (Phi) is 5.83. The molecule has 3 heteroatoms. The minimum Gasteiger partial charge on any atom is -0.383 e. The number of hydrogen-bond donors (Lipinski definition) is 1. The summed E-state index contributed by atoms with van der Waals surface area (Å²) in [7, 11) is 1.77. The molecule has 1 rings (SSSR count). The van der Waals surface area contributed by atoms with Gasteiger partial charge >= 0.3 is 0 Å². The zero-order chi connectivity index (χ0) is 9.52.